The summed E-state index contributed by atoms with van der Waals surface area (Å²) in [7, 11) is -7.18. The van der Waals surface area contributed by atoms with Crippen molar-refractivity contribution < 1.29 is 28.8 Å². The minimum atomic E-state index is -3.82. The number of ether oxygens (including phenoxy) is 1. The fraction of sp³-hybridized carbons (Fsp3) is 0.105. The van der Waals surface area contributed by atoms with Crippen molar-refractivity contribution in [1.82, 2.24) is 4.98 Å². The zero-order valence-electron chi connectivity index (χ0n) is 15.0. The molecule has 0 spiro atoms. The quantitative estimate of drug-likeness (QED) is 0.453. The molecule has 3 aromatic rings. The third-order valence-electron chi connectivity index (χ3n) is 4.20. The van der Waals surface area contributed by atoms with Gasteiger partial charge in [-0.05, 0) is 30.3 Å². The summed E-state index contributed by atoms with van der Waals surface area (Å²) in [5, 5.41) is 5.95. The third-order valence-corrected chi connectivity index (χ3v) is 7.12. The number of sulfone groups is 2. The van der Waals surface area contributed by atoms with E-state index in [1.807, 2.05) is 0 Å². The second-order valence-corrected chi connectivity index (χ2v) is 10.0. The molecule has 0 saturated carbocycles. The summed E-state index contributed by atoms with van der Waals surface area (Å²) in [6.07, 6.45) is 6.45. The van der Waals surface area contributed by atoms with Gasteiger partial charge in [0.15, 0.2) is 15.4 Å². The van der Waals surface area contributed by atoms with Crippen molar-refractivity contribution in [2.24, 2.45) is 0 Å². The van der Waals surface area contributed by atoms with Crippen molar-refractivity contribution in [1.29, 1.82) is 0 Å². The Morgan fingerprint density at radius 3 is 2.66 bits per heavy atom. The van der Waals surface area contributed by atoms with Crippen LogP contribution < -0.4 is 4.74 Å². The molecule has 0 amide bonds. The number of hydrogen-bond acceptors (Lipinski definition) is 7. The molecule has 0 N–H and O–H groups in total. The average molecular weight is 433 g/mol. The highest BCUT2D eigenvalue weighted by atomic mass is 32.2. The smallest absolute Gasteiger partial charge is 0.244 e. The van der Waals surface area contributed by atoms with E-state index in [4.69, 9.17) is 15.6 Å². The standard InChI is InChI=1S/C19H13N2O6S2.2H2/c1-3-28(22,23)12-5-7-16-14(9-12)20-18(26-16)11-19-21-15-10-13(29(24,25)4-2)6-8-17(15)27-19;;/h1,5-11H,4H2,2H3;2*1H/q-1;;/b18-11+;;. The first kappa shape index (κ1) is 19.0. The Labute approximate surface area is 170 Å². The monoisotopic (exact) mass is 433 g/mol. The van der Waals surface area contributed by atoms with Gasteiger partial charge in [-0.25, -0.2) is 21.8 Å². The molecule has 2 aromatic carbocycles. The number of hydrogen-bond donors (Lipinski definition) is 0. The highest BCUT2D eigenvalue weighted by Crippen LogP contribution is 2.44. The van der Waals surface area contributed by atoms with Crippen molar-refractivity contribution in [3.8, 4) is 17.4 Å². The van der Waals surface area contributed by atoms with Crippen LogP contribution in [0.5, 0.6) is 5.75 Å². The third kappa shape index (κ3) is 3.46. The maximum absolute atomic E-state index is 12.0. The second kappa shape index (κ2) is 6.65. The van der Waals surface area contributed by atoms with E-state index in [9.17, 15) is 16.8 Å². The lowest BCUT2D eigenvalue weighted by Crippen LogP contribution is -2.03. The summed E-state index contributed by atoms with van der Waals surface area (Å²) in [6, 6.07) is 8.55. The molecule has 4 rings (SSSR count). The van der Waals surface area contributed by atoms with E-state index < -0.39 is 19.7 Å². The number of fused-ring (bicyclic) bond motifs is 2. The van der Waals surface area contributed by atoms with E-state index in [2.05, 4.69) is 10.3 Å². The predicted molar refractivity (Wildman–Crippen MR) is 110 cm³/mol. The van der Waals surface area contributed by atoms with E-state index in [1.54, 1.807) is 12.2 Å². The van der Waals surface area contributed by atoms with Crippen LogP contribution in [0, 0.1) is 11.7 Å². The van der Waals surface area contributed by atoms with E-state index >= 15 is 0 Å². The summed E-state index contributed by atoms with van der Waals surface area (Å²) in [5.74, 6) is 0.646. The minimum Gasteiger partial charge on any atom is -0.624 e. The molecule has 2 heterocycles. The number of oxazole rings is 1. The van der Waals surface area contributed by atoms with Crippen LogP contribution in [-0.2, 0) is 19.7 Å². The van der Waals surface area contributed by atoms with Crippen molar-refractivity contribution in [2.45, 2.75) is 16.7 Å². The van der Waals surface area contributed by atoms with Gasteiger partial charge >= 0.3 is 0 Å². The molecule has 0 bridgehead atoms. The normalized spacial score (nSPS) is 15.0. The van der Waals surface area contributed by atoms with Crippen LogP contribution in [0.1, 0.15) is 15.7 Å². The van der Waals surface area contributed by atoms with Crippen LogP contribution in [-0.4, -0.2) is 27.6 Å². The maximum Gasteiger partial charge on any atom is 0.244 e. The highest BCUT2D eigenvalue weighted by Gasteiger charge is 2.16. The van der Waals surface area contributed by atoms with Crippen LogP contribution >= 0.6 is 0 Å². The maximum atomic E-state index is 12.0. The number of benzene rings is 2. The van der Waals surface area contributed by atoms with Gasteiger partial charge in [0.05, 0.1) is 15.5 Å². The zero-order chi connectivity index (χ0) is 20.8. The molecular weight excluding hydrogens is 416 g/mol. The van der Waals surface area contributed by atoms with Gasteiger partial charge in [0.1, 0.15) is 11.3 Å². The Morgan fingerprint density at radius 2 is 1.93 bits per heavy atom. The topological polar surface area (TPSA) is 118 Å². The lowest BCUT2D eigenvalue weighted by Gasteiger charge is -2.11. The van der Waals surface area contributed by atoms with Gasteiger partial charge in [0.25, 0.3) is 0 Å². The molecule has 0 atom stereocenters. The van der Waals surface area contributed by atoms with E-state index in [1.165, 1.54) is 42.5 Å². The van der Waals surface area contributed by atoms with Crippen LogP contribution in [0.15, 0.2) is 56.5 Å². The van der Waals surface area contributed by atoms with E-state index in [-0.39, 0.29) is 30.2 Å². The summed E-state index contributed by atoms with van der Waals surface area (Å²) < 4.78 is 58.8. The van der Waals surface area contributed by atoms with Gasteiger partial charge in [-0.1, -0.05) is 18.7 Å². The summed E-state index contributed by atoms with van der Waals surface area (Å²) in [4.78, 5) is 4.35. The van der Waals surface area contributed by atoms with Crippen LogP contribution in [0.25, 0.3) is 22.5 Å². The van der Waals surface area contributed by atoms with Crippen LogP contribution in [0.3, 0.4) is 0 Å². The lowest BCUT2D eigenvalue weighted by atomic mass is 10.3. The first-order valence-electron chi connectivity index (χ1n) is 8.33. The molecule has 1 aromatic heterocycles. The second-order valence-electron chi connectivity index (χ2n) is 6.03. The number of terminal acetylenes is 1. The molecule has 1 aliphatic heterocycles. The largest absolute Gasteiger partial charge is 0.624 e. The molecule has 0 unspecified atom stereocenters. The van der Waals surface area contributed by atoms with Gasteiger partial charge in [-0.15, -0.1) is 6.42 Å². The summed E-state index contributed by atoms with van der Waals surface area (Å²) >= 11 is 0. The van der Waals surface area contributed by atoms with Gasteiger partial charge in [-0.3, -0.25) is 0 Å². The lowest BCUT2D eigenvalue weighted by molar-refractivity contribution is 0.463. The molecule has 8 nitrogen and oxygen atoms in total. The molecule has 152 valence electrons. The molecule has 1 aliphatic rings. The predicted octanol–water partition coefficient (Wildman–Crippen LogP) is 3.87. The zero-order valence-corrected chi connectivity index (χ0v) is 16.6. The highest BCUT2D eigenvalue weighted by molar-refractivity contribution is 7.96. The van der Waals surface area contributed by atoms with Gasteiger partial charge in [0, 0.05) is 20.1 Å². The van der Waals surface area contributed by atoms with Crippen molar-refractivity contribution in [3.63, 3.8) is 0 Å². The SMILES string of the molecule is C#CS(=O)(=O)c1ccc2c(c1)[N-]/C(=C\c1nc3cc(S(=O)(=O)CC)ccc3o1)O2.[HH].[HH]. The molecule has 0 fully saturated rings. The Hall–Kier alpha value is -3.29. The molecule has 0 saturated heterocycles. The summed E-state index contributed by atoms with van der Waals surface area (Å²) in [5.41, 5.74) is 1.09. The average Bonchev–Trinajstić information content (AvgIpc) is 3.29. The Kier molecular flexibility index (Phi) is 4.37. The van der Waals surface area contributed by atoms with Gasteiger partial charge in [0.2, 0.25) is 15.7 Å². The number of rotatable bonds is 4. The fourth-order valence-electron chi connectivity index (χ4n) is 2.67. The molecule has 0 radical (unpaired) electrons. The van der Waals surface area contributed by atoms with E-state index in [0.29, 0.717) is 22.5 Å². The number of aromatic nitrogens is 1. The molecular formula is C19H17N2O6S2-. The van der Waals surface area contributed by atoms with Crippen molar-refractivity contribution >= 4 is 42.5 Å². The molecule has 10 heteroatoms. The van der Waals surface area contributed by atoms with E-state index in [0.717, 1.165) is 0 Å². The van der Waals surface area contributed by atoms with Crippen molar-refractivity contribution in [2.75, 3.05) is 5.75 Å². The molecule has 29 heavy (non-hydrogen) atoms. The fourth-order valence-corrected chi connectivity index (χ4v) is 4.22. The van der Waals surface area contributed by atoms with Gasteiger partial charge in [-0.2, -0.15) is 0 Å². The van der Waals surface area contributed by atoms with Gasteiger partial charge < -0.3 is 14.5 Å². The first-order chi connectivity index (χ1) is 13.7. The Balaban J connectivity index is 0.00000171. The first-order valence-corrected chi connectivity index (χ1v) is 11.5. The Morgan fingerprint density at radius 1 is 1.17 bits per heavy atom. The number of nitrogens with zero attached hydrogens (tertiary/aromatic N) is 2. The van der Waals surface area contributed by atoms with Crippen LogP contribution in [0.4, 0.5) is 5.69 Å². The minimum absolute atomic E-state index is 0. The Bertz CT molecular complexity index is 1440. The van der Waals surface area contributed by atoms with Crippen molar-refractivity contribution in [3.05, 3.63) is 53.5 Å². The van der Waals surface area contributed by atoms with Crippen LogP contribution in [0.2, 0.25) is 0 Å². The summed E-state index contributed by atoms with van der Waals surface area (Å²) in [6.45, 7) is 1.56. The molecule has 0 aliphatic carbocycles.